The normalized spacial score (nSPS) is 13.8. The molecule has 1 unspecified atom stereocenters. The number of hydrogen-bond acceptors (Lipinski definition) is 1. The van der Waals surface area contributed by atoms with Crippen LogP contribution < -0.4 is 5.19 Å². The SMILES string of the molecule is CCN(C=C[SiH](c1ccccc1)C(C)(C)C)CC. The molecule has 0 spiro atoms. The summed E-state index contributed by atoms with van der Waals surface area (Å²) in [5, 5.41) is 1.92. The third kappa shape index (κ3) is 4.34. The molecular formula is C16H27NSi. The molecule has 18 heavy (non-hydrogen) atoms. The molecule has 100 valence electrons. The first kappa shape index (κ1) is 15.0. The van der Waals surface area contributed by atoms with E-state index in [0.29, 0.717) is 5.04 Å². The Morgan fingerprint density at radius 1 is 1.06 bits per heavy atom. The quantitative estimate of drug-likeness (QED) is 0.735. The summed E-state index contributed by atoms with van der Waals surface area (Å²) in [7, 11) is -1.09. The summed E-state index contributed by atoms with van der Waals surface area (Å²) in [5.41, 5.74) is 2.49. The smallest absolute Gasteiger partial charge is 0.101 e. The third-order valence-corrected chi connectivity index (χ3v) is 6.92. The molecule has 0 aromatic heterocycles. The summed E-state index contributed by atoms with van der Waals surface area (Å²) < 4.78 is 0. The first-order chi connectivity index (χ1) is 8.49. The van der Waals surface area contributed by atoms with E-state index in [0.717, 1.165) is 13.1 Å². The average molecular weight is 261 g/mol. The molecule has 1 atom stereocenters. The second-order valence-electron chi connectivity index (χ2n) is 5.82. The lowest BCUT2D eigenvalue weighted by molar-refractivity contribution is 0.419. The van der Waals surface area contributed by atoms with Gasteiger partial charge in [-0.2, -0.15) is 0 Å². The van der Waals surface area contributed by atoms with Crippen LogP contribution in [0.4, 0.5) is 0 Å². The first-order valence-electron chi connectivity index (χ1n) is 6.96. The second-order valence-corrected chi connectivity index (χ2v) is 9.56. The fraction of sp³-hybridized carbons (Fsp3) is 0.500. The van der Waals surface area contributed by atoms with Gasteiger partial charge in [0.25, 0.3) is 0 Å². The van der Waals surface area contributed by atoms with E-state index >= 15 is 0 Å². The number of rotatable bonds is 5. The highest BCUT2D eigenvalue weighted by molar-refractivity contribution is 6.80. The van der Waals surface area contributed by atoms with Gasteiger partial charge < -0.3 is 4.90 Å². The van der Waals surface area contributed by atoms with Crippen molar-refractivity contribution in [2.45, 2.75) is 39.7 Å². The Morgan fingerprint density at radius 3 is 2.06 bits per heavy atom. The van der Waals surface area contributed by atoms with Crippen molar-refractivity contribution in [2.24, 2.45) is 0 Å². The van der Waals surface area contributed by atoms with Crippen molar-refractivity contribution in [3.8, 4) is 0 Å². The highest BCUT2D eigenvalue weighted by atomic mass is 28.3. The molecule has 0 bridgehead atoms. The summed E-state index contributed by atoms with van der Waals surface area (Å²) >= 11 is 0. The Labute approximate surface area is 114 Å². The Bertz CT molecular complexity index is 360. The van der Waals surface area contributed by atoms with Crippen LogP contribution in [0.15, 0.2) is 42.2 Å². The molecular weight excluding hydrogens is 234 g/mol. The van der Waals surface area contributed by atoms with Gasteiger partial charge in [0.2, 0.25) is 0 Å². The lowest BCUT2D eigenvalue weighted by Crippen LogP contribution is -2.37. The molecule has 0 heterocycles. The molecule has 0 aliphatic heterocycles. The molecule has 2 heteroatoms. The lowest BCUT2D eigenvalue weighted by atomic mass is 10.2. The topological polar surface area (TPSA) is 3.24 Å². The van der Waals surface area contributed by atoms with E-state index in [9.17, 15) is 0 Å². The molecule has 0 aliphatic rings. The maximum Gasteiger partial charge on any atom is 0.101 e. The molecule has 1 aromatic carbocycles. The largest absolute Gasteiger partial charge is 0.379 e. The van der Waals surface area contributed by atoms with E-state index in [4.69, 9.17) is 0 Å². The fourth-order valence-corrected chi connectivity index (χ4v) is 5.05. The minimum Gasteiger partial charge on any atom is -0.379 e. The van der Waals surface area contributed by atoms with Gasteiger partial charge in [0.15, 0.2) is 0 Å². The standard InChI is InChI=1S/C16H27NSi/c1-6-17(7-2)13-14-18(16(3,4)5)15-11-9-8-10-12-15/h8-14,18H,6-7H2,1-5H3. The zero-order valence-corrected chi connectivity index (χ0v) is 13.6. The zero-order chi connectivity index (χ0) is 13.6. The Morgan fingerprint density at radius 2 is 1.61 bits per heavy atom. The van der Waals surface area contributed by atoms with Crippen LogP contribution in [0.25, 0.3) is 0 Å². The number of benzene rings is 1. The monoisotopic (exact) mass is 261 g/mol. The number of hydrogen-bond donors (Lipinski definition) is 0. The van der Waals surface area contributed by atoms with Crippen molar-refractivity contribution < 1.29 is 0 Å². The van der Waals surface area contributed by atoms with Gasteiger partial charge >= 0.3 is 0 Å². The number of nitrogens with zero attached hydrogens (tertiary/aromatic N) is 1. The van der Waals surface area contributed by atoms with Gasteiger partial charge in [-0.15, -0.1) is 0 Å². The van der Waals surface area contributed by atoms with Crippen molar-refractivity contribution in [1.82, 2.24) is 4.90 Å². The minimum absolute atomic E-state index is 0.380. The molecule has 0 saturated carbocycles. The summed E-state index contributed by atoms with van der Waals surface area (Å²) in [5.74, 6) is 0. The maximum absolute atomic E-state index is 2.49. The van der Waals surface area contributed by atoms with Crippen LogP contribution in [0.1, 0.15) is 34.6 Å². The van der Waals surface area contributed by atoms with Gasteiger partial charge in [-0.3, -0.25) is 0 Å². The van der Waals surface area contributed by atoms with Crippen molar-refractivity contribution in [2.75, 3.05) is 13.1 Å². The highest BCUT2D eigenvalue weighted by Gasteiger charge is 2.25. The van der Waals surface area contributed by atoms with Gasteiger partial charge in [0.05, 0.1) is 0 Å². The summed E-state index contributed by atoms with van der Waals surface area (Å²) in [6, 6.07) is 11.0. The molecule has 0 N–H and O–H groups in total. The molecule has 1 aromatic rings. The molecule has 1 nitrogen and oxygen atoms in total. The van der Waals surface area contributed by atoms with Crippen molar-refractivity contribution >= 4 is 14.0 Å². The molecule has 0 amide bonds. The predicted molar refractivity (Wildman–Crippen MR) is 85.0 cm³/mol. The van der Waals surface area contributed by atoms with Crippen LogP contribution in [-0.4, -0.2) is 26.8 Å². The minimum atomic E-state index is -1.09. The molecule has 0 radical (unpaired) electrons. The van der Waals surface area contributed by atoms with Crippen LogP contribution in [0, 0.1) is 0 Å². The first-order valence-corrected chi connectivity index (χ1v) is 8.78. The van der Waals surface area contributed by atoms with E-state index in [1.165, 1.54) is 5.19 Å². The fourth-order valence-electron chi connectivity index (χ4n) is 2.20. The second kappa shape index (κ2) is 6.79. The molecule has 0 fully saturated rings. The Balaban J connectivity index is 2.94. The predicted octanol–water partition coefficient (Wildman–Crippen LogP) is 3.32. The Kier molecular flexibility index (Phi) is 5.67. The van der Waals surface area contributed by atoms with Crippen LogP contribution in [0.5, 0.6) is 0 Å². The highest BCUT2D eigenvalue weighted by Crippen LogP contribution is 2.27. The van der Waals surface area contributed by atoms with Gasteiger partial charge in [-0.05, 0) is 25.1 Å². The zero-order valence-electron chi connectivity index (χ0n) is 12.5. The lowest BCUT2D eigenvalue weighted by Gasteiger charge is -2.28. The van der Waals surface area contributed by atoms with Crippen LogP contribution in [0.3, 0.4) is 0 Å². The summed E-state index contributed by atoms with van der Waals surface area (Å²) in [4.78, 5) is 2.37. The van der Waals surface area contributed by atoms with Gasteiger partial charge in [-0.1, -0.05) is 62.0 Å². The molecule has 1 rings (SSSR count). The van der Waals surface area contributed by atoms with Crippen LogP contribution in [-0.2, 0) is 0 Å². The summed E-state index contributed by atoms with van der Waals surface area (Å²) in [6.45, 7) is 13.7. The van der Waals surface area contributed by atoms with E-state index in [1.54, 1.807) is 0 Å². The van der Waals surface area contributed by atoms with Crippen molar-refractivity contribution in [3.63, 3.8) is 0 Å². The molecule has 0 aliphatic carbocycles. The van der Waals surface area contributed by atoms with E-state index in [-0.39, 0.29) is 0 Å². The van der Waals surface area contributed by atoms with Crippen LogP contribution in [0.2, 0.25) is 5.04 Å². The summed E-state index contributed by atoms with van der Waals surface area (Å²) in [6.07, 6.45) is 2.31. The third-order valence-electron chi connectivity index (χ3n) is 3.39. The van der Waals surface area contributed by atoms with E-state index in [2.05, 4.69) is 81.7 Å². The Hall–Kier alpha value is -1.02. The molecule has 0 saturated heterocycles. The van der Waals surface area contributed by atoms with E-state index < -0.39 is 8.80 Å². The van der Waals surface area contributed by atoms with Crippen molar-refractivity contribution in [1.29, 1.82) is 0 Å². The maximum atomic E-state index is 2.49. The van der Waals surface area contributed by atoms with Gasteiger partial charge in [0, 0.05) is 13.1 Å². The van der Waals surface area contributed by atoms with Crippen molar-refractivity contribution in [3.05, 3.63) is 42.2 Å². The van der Waals surface area contributed by atoms with Crippen LogP contribution >= 0.6 is 0 Å². The van der Waals surface area contributed by atoms with Gasteiger partial charge in [0.1, 0.15) is 8.80 Å². The van der Waals surface area contributed by atoms with Gasteiger partial charge in [-0.25, -0.2) is 0 Å². The van der Waals surface area contributed by atoms with E-state index in [1.807, 2.05) is 0 Å². The average Bonchev–Trinajstić information content (AvgIpc) is 2.34.